The molecule has 0 atom stereocenters. The van der Waals surface area contributed by atoms with Crippen molar-refractivity contribution in [2.45, 2.75) is 13.1 Å². The van der Waals surface area contributed by atoms with E-state index in [0.29, 0.717) is 18.8 Å². The predicted octanol–water partition coefficient (Wildman–Crippen LogP) is 0.843. The summed E-state index contributed by atoms with van der Waals surface area (Å²) in [6.45, 7) is 1.03. The second-order valence-corrected chi connectivity index (χ2v) is 3.63. The molecule has 0 aromatic carbocycles. The van der Waals surface area contributed by atoms with Gasteiger partial charge in [0.1, 0.15) is 0 Å². The zero-order valence-electron chi connectivity index (χ0n) is 8.09. The standard InChI is InChI=1S/C8H8BrN3O4/c9-16-7(13)6-5-3-11(8(14)15)1-2-12(5)4-10-6/h4H,1-3H2,(H,14,15). The first-order chi connectivity index (χ1) is 7.63. The third-order valence-corrected chi connectivity index (χ3v) is 2.73. The molecular formula is C8H8BrN3O4. The Morgan fingerprint density at radius 3 is 2.88 bits per heavy atom. The largest absolute Gasteiger partial charge is 0.465 e. The Hall–Kier alpha value is -1.57. The SMILES string of the molecule is O=C(OBr)c1ncn2c1CN(C(=O)O)CC2. The minimum Gasteiger partial charge on any atom is -0.465 e. The molecule has 8 heteroatoms. The molecule has 2 rings (SSSR count). The molecule has 0 aliphatic carbocycles. The van der Waals surface area contributed by atoms with Crippen LogP contribution in [0.15, 0.2) is 6.33 Å². The van der Waals surface area contributed by atoms with Gasteiger partial charge >= 0.3 is 12.1 Å². The third-order valence-electron chi connectivity index (χ3n) is 2.43. The van der Waals surface area contributed by atoms with E-state index in [1.807, 2.05) is 0 Å². The highest BCUT2D eigenvalue weighted by Crippen LogP contribution is 2.17. The number of carbonyl (C=O) groups excluding carboxylic acids is 1. The van der Waals surface area contributed by atoms with Crippen LogP contribution in [0.25, 0.3) is 0 Å². The van der Waals surface area contributed by atoms with Crippen molar-refractivity contribution < 1.29 is 18.5 Å². The van der Waals surface area contributed by atoms with Crippen LogP contribution in [0.4, 0.5) is 4.79 Å². The summed E-state index contributed by atoms with van der Waals surface area (Å²) >= 11 is 2.58. The van der Waals surface area contributed by atoms with Crippen molar-refractivity contribution in [1.29, 1.82) is 0 Å². The van der Waals surface area contributed by atoms with Gasteiger partial charge in [0, 0.05) is 13.1 Å². The van der Waals surface area contributed by atoms with Gasteiger partial charge in [0.05, 0.1) is 18.6 Å². The van der Waals surface area contributed by atoms with Gasteiger partial charge in [-0.2, -0.15) is 0 Å². The maximum Gasteiger partial charge on any atom is 0.407 e. The molecule has 0 saturated heterocycles. The zero-order valence-corrected chi connectivity index (χ0v) is 9.68. The Labute approximate surface area is 99.1 Å². The van der Waals surface area contributed by atoms with Crippen LogP contribution in [0.3, 0.4) is 0 Å². The highest BCUT2D eigenvalue weighted by atomic mass is 79.9. The number of nitrogens with zero attached hydrogens (tertiary/aromatic N) is 3. The fraction of sp³-hybridized carbons (Fsp3) is 0.375. The number of hydrogen-bond donors (Lipinski definition) is 1. The molecule has 86 valence electrons. The van der Waals surface area contributed by atoms with Gasteiger partial charge in [0.2, 0.25) is 0 Å². The minimum atomic E-state index is -1.01. The molecule has 7 nitrogen and oxygen atoms in total. The predicted molar refractivity (Wildman–Crippen MR) is 55.0 cm³/mol. The molecule has 1 aliphatic rings. The summed E-state index contributed by atoms with van der Waals surface area (Å²) in [5, 5.41) is 8.86. The summed E-state index contributed by atoms with van der Waals surface area (Å²) in [6, 6.07) is 0. The zero-order chi connectivity index (χ0) is 11.7. The molecule has 0 saturated carbocycles. The summed E-state index contributed by atoms with van der Waals surface area (Å²) in [6.07, 6.45) is 0.499. The van der Waals surface area contributed by atoms with Gasteiger partial charge in [0.25, 0.3) is 0 Å². The monoisotopic (exact) mass is 289 g/mol. The molecule has 0 bridgehead atoms. The number of aromatic nitrogens is 2. The molecule has 1 aromatic rings. The molecule has 1 aliphatic heterocycles. The number of carboxylic acid groups (broad SMARTS) is 1. The van der Waals surface area contributed by atoms with E-state index in [4.69, 9.17) is 5.11 Å². The van der Waals surface area contributed by atoms with E-state index in [1.54, 1.807) is 4.57 Å². The van der Waals surface area contributed by atoms with Crippen molar-refractivity contribution in [3.05, 3.63) is 17.7 Å². The molecule has 1 aromatic heterocycles. The van der Waals surface area contributed by atoms with Crippen LogP contribution < -0.4 is 0 Å². The van der Waals surface area contributed by atoms with Crippen LogP contribution in [0.2, 0.25) is 0 Å². The molecule has 1 N–H and O–H groups in total. The van der Waals surface area contributed by atoms with Gasteiger partial charge in [-0.15, -0.1) is 0 Å². The maximum atomic E-state index is 11.3. The summed E-state index contributed by atoms with van der Waals surface area (Å²) in [7, 11) is 0. The van der Waals surface area contributed by atoms with E-state index in [0.717, 1.165) is 0 Å². The lowest BCUT2D eigenvalue weighted by molar-refractivity contribution is 0.0770. The number of hydrogen-bond acceptors (Lipinski definition) is 4. The normalized spacial score (nSPS) is 14.4. The number of rotatable bonds is 1. The molecule has 0 radical (unpaired) electrons. The molecule has 16 heavy (non-hydrogen) atoms. The van der Waals surface area contributed by atoms with Crippen molar-refractivity contribution in [3.63, 3.8) is 0 Å². The molecule has 0 spiro atoms. The second kappa shape index (κ2) is 4.12. The average molecular weight is 290 g/mol. The fourth-order valence-corrected chi connectivity index (χ4v) is 1.78. The fourth-order valence-electron chi connectivity index (χ4n) is 1.62. The van der Waals surface area contributed by atoms with Gasteiger partial charge in [-0.1, -0.05) is 0 Å². The number of fused-ring (bicyclic) bond motifs is 1. The lowest BCUT2D eigenvalue weighted by Gasteiger charge is -2.25. The number of imidazole rings is 1. The van der Waals surface area contributed by atoms with E-state index in [-0.39, 0.29) is 12.2 Å². The molecule has 0 fully saturated rings. The molecular weight excluding hydrogens is 282 g/mol. The first-order valence-electron chi connectivity index (χ1n) is 4.48. The number of amides is 1. The van der Waals surface area contributed by atoms with Crippen LogP contribution in [0, 0.1) is 0 Å². The molecule has 1 amide bonds. The van der Waals surface area contributed by atoms with Crippen LogP contribution in [-0.2, 0) is 16.9 Å². The summed E-state index contributed by atoms with van der Waals surface area (Å²) in [4.78, 5) is 27.2. The van der Waals surface area contributed by atoms with Gasteiger partial charge in [-0.25, -0.2) is 14.6 Å². The van der Waals surface area contributed by atoms with Crippen molar-refractivity contribution in [3.8, 4) is 0 Å². The summed E-state index contributed by atoms with van der Waals surface area (Å²) in [5.41, 5.74) is 0.695. The Kier molecular flexibility index (Phi) is 2.82. The van der Waals surface area contributed by atoms with E-state index in [1.165, 1.54) is 11.2 Å². The Bertz CT molecular complexity index is 444. The quantitative estimate of drug-likeness (QED) is 0.828. The van der Waals surface area contributed by atoms with Crippen molar-refractivity contribution in [1.82, 2.24) is 14.5 Å². The van der Waals surface area contributed by atoms with Crippen molar-refractivity contribution in [2.24, 2.45) is 0 Å². The Morgan fingerprint density at radius 2 is 2.25 bits per heavy atom. The Balaban J connectivity index is 2.31. The Morgan fingerprint density at radius 1 is 1.50 bits per heavy atom. The molecule has 0 unspecified atom stereocenters. The van der Waals surface area contributed by atoms with Gasteiger partial charge in [-0.05, 0) is 0 Å². The summed E-state index contributed by atoms with van der Waals surface area (Å²) in [5.74, 6) is -0.624. The lowest BCUT2D eigenvalue weighted by atomic mass is 10.2. The smallest absolute Gasteiger partial charge is 0.407 e. The number of halogens is 1. The summed E-state index contributed by atoms with van der Waals surface area (Å²) < 4.78 is 6.14. The van der Waals surface area contributed by atoms with Gasteiger partial charge in [-0.3, -0.25) is 0 Å². The number of carbonyl (C=O) groups is 2. The van der Waals surface area contributed by atoms with Crippen LogP contribution >= 0.6 is 16.3 Å². The van der Waals surface area contributed by atoms with Crippen LogP contribution in [-0.4, -0.2) is 38.2 Å². The van der Waals surface area contributed by atoms with Gasteiger partial charge in [0.15, 0.2) is 22.0 Å². The van der Waals surface area contributed by atoms with Gasteiger partial charge < -0.3 is 18.4 Å². The van der Waals surface area contributed by atoms with E-state index < -0.39 is 12.1 Å². The average Bonchev–Trinajstić information content (AvgIpc) is 2.70. The molecule has 2 heterocycles. The highest BCUT2D eigenvalue weighted by molar-refractivity contribution is 9.06. The van der Waals surface area contributed by atoms with E-state index in [2.05, 4.69) is 25.1 Å². The minimum absolute atomic E-state index is 0.142. The topological polar surface area (TPSA) is 84.7 Å². The van der Waals surface area contributed by atoms with Crippen molar-refractivity contribution >= 4 is 28.3 Å². The van der Waals surface area contributed by atoms with E-state index >= 15 is 0 Å². The van der Waals surface area contributed by atoms with Crippen LogP contribution in [0.5, 0.6) is 0 Å². The van der Waals surface area contributed by atoms with Crippen LogP contribution in [0.1, 0.15) is 16.2 Å². The lowest BCUT2D eigenvalue weighted by Crippen LogP contribution is -2.37. The maximum absolute atomic E-state index is 11.3. The first kappa shape index (κ1) is 10.9. The third kappa shape index (κ3) is 1.75. The second-order valence-electron chi connectivity index (χ2n) is 3.30. The van der Waals surface area contributed by atoms with E-state index in [9.17, 15) is 9.59 Å². The van der Waals surface area contributed by atoms with Crippen molar-refractivity contribution in [2.75, 3.05) is 6.54 Å². The first-order valence-corrected chi connectivity index (χ1v) is 5.13. The highest BCUT2D eigenvalue weighted by Gasteiger charge is 2.26.